The molecule has 2 aromatic carbocycles. The summed E-state index contributed by atoms with van der Waals surface area (Å²) in [6.45, 7) is 3.08. The van der Waals surface area contributed by atoms with Gasteiger partial charge in [-0.05, 0) is 29.7 Å². The van der Waals surface area contributed by atoms with E-state index in [1.54, 1.807) is 0 Å². The summed E-state index contributed by atoms with van der Waals surface area (Å²) in [7, 11) is 0. The Morgan fingerprint density at radius 3 is 2.52 bits per heavy atom. The van der Waals surface area contributed by atoms with Gasteiger partial charge in [-0.2, -0.15) is 0 Å². The molecule has 1 atom stereocenters. The molecular weight excluding hydrogens is 256 g/mol. The molecule has 3 aromatic rings. The Morgan fingerprint density at radius 2 is 1.71 bits per heavy atom. The molecule has 106 valence electrons. The van der Waals surface area contributed by atoms with Crippen molar-refractivity contribution in [3.05, 3.63) is 78.0 Å². The van der Waals surface area contributed by atoms with Crippen molar-refractivity contribution < 1.29 is 0 Å². The maximum atomic E-state index is 4.42. The van der Waals surface area contributed by atoms with Crippen molar-refractivity contribution in [2.45, 2.75) is 25.9 Å². The molecule has 0 aliphatic heterocycles. The topological polar surface area (TPSA) is 24.9 Å². The minimum atomic E-state index is 0.387. The van der Waals surface area contributed by atoms with Gasteiger partial charge in [-0.1, -0.05) is 55.5 Å². The van der Waals surface area contributed by atoms with Crippen LogP contribution in [0.2, 0.25) is 0 Å². The molecule has 1 unspecified atom stereocenters. The van der Waals surface area contributed by atoms with Crippen LogP contribution in [0, 0.1) is 0 Å². The van der Waals surface area contributed by atoms with E-state index in [0.717, 1.165) is 18.5 Å². The summed E-state index contributed by atoms with van der Waals surface area (Å²) >= 11 is 0. The number of hydrogen-bond acceptors (Lipinski definition) is 2. The number of rotatable bonds is 5. The number of nitrogens with zero attached hydrogens (tertiary/aromatic N) is 1. The molecule has 0 bridgehead atoms. The monoisotopic (exact) mass is 276 g/mol. The molecule has 1 N–H and O–H groups in total. The van der Waals surface area contributed by atoms with E-state index >= 15 is 0 Å². The first-order chi connectivity index (χ1) is 10.4. The molecular formula is C19H20N2. The molecule has 0 fully saturated rings. The van der Waals surface area contributed by atoms with Gasteiger partial charge in [0.2, 0.25) is 0 Å². The Hall–Kier alpha value is -2.19. The number of aromatic nitrogens is 1. The van der Waals surface area contributed by atoms with Crippen LogP contribution in [0.3, 0.4) is 0 Å². The van der Waals surface area contributed by atoms with E-state index in [4.69, 9.17) is 0 Å². The second-order valence-electron chi connectivity index (χ2n) is 5.24. The van der Waals surface area contributed by atoms with Gasteiger partial charge < -0.3 is 5.32 Å². The third-order valence-electron chi connectivity index (χ3n) is 3.89. The van der Waals surface area contributed by atoms with Crippen LogP contribution in [0.1, 0.15) is 30.5 Å². The summed E-state index contributed by atoms with van der Waals surface area (Å²) in [5.41, 5.74) is 3.71. The van der Waals surface area contributed by atoms with E-state index in [9.17, 15) is 0 Å². The Balaban J connectivity index is 1.79. The first-order valence-electron chi connectivity index (χ1n) is 7.49. The Labute approximate surface area is 125 Å². The van der Waals surface area contributed by atoms with Gasteiger partial charge >= 0.3 is 0 Å². The summed E-state index contributed by atoms with van der Waals surface area (Å²) in [5.74, 6) is 0. The van der Waals surface area contributed by atoms with Crippen LogP contribution in [0.5, 0.6) is 0 Å². The fourth-order valence-electron chi connectivity index (χ4n) is 2.73. The maximum Gasteiger partial charge on any atom is 0.0705 e. The van der Waals surface area contributed by atoms with Gasteiger partial charge in [0.05, 0.1) is 5.52 Å². The van der Waals surface area contributed by atoms with Crippen LogP contribution in [-0.4, -0.2) is 4.98 Å². The van der Waals surface area contributed by atoms with Gasteiger partial charge in [-0.15, -0.1) is 0 Å². The third-order valence-corrected chi connectivity index (χ3v) is 3.89. The van der Waals surface area contributed by atoms with Crippen molar-refractivity contribution in [3.63, 3.8) is 0 Å². The number of para-hydroxylation sites is 1. The zero-order chi connectivity index (χ0) is 14.5. The van der Waals surface area contributed by atoms with Crippen LogP contribution in [-0.2, 0) is 6.54 Å². The molecule has 1 heterocycles. The second-order valence-corrected chi connectivity index (χ2v) is 5.24. The van der Waals surface area contributed by atoms with Crippen molar-refractivity contribution in [1.29, 1.82) is 0 Å². The molecule has 21 heavy (non-hydrogen) atoms. The number of benzene rings is 2. The van der Waals surface area contributed by atoms with Gasteiger partial charge in [-0.3, -0.25) is 4.98 Å². The summed E-state index contributed by atoms with van der Waals surface area (Å²) < 4.78 is 0. The predicted molar refractivity (Wildman–Crippen MR) is 88.1 cm³/mol. The molecule has 0 aliphatic rings. The fourth-order valence-corrected chi connectivity index (χ4v) is 2.73. The molecule has 2 heteroatoms. The Kier molecular flexibility index (Phi) is 4.27. The van der Waals surface area contributed by atoms with Crippen LogP contribution >= 0.6 is 0 Å². The molecule has 1 aromatic heterocycles. The summed E-state index contributed by atoms with van der Waals surface area (Å²) in [6.07, 6.45) is 2.97. The van der Waals surface area contributed by atoms with Gasteiger partial charge in [0, 0.05) is 24.2 Å². The normalized spacial score (nSPS) is 12.4. The van der Waals surface area contributed by atoms with Crippen LogP contribution in [0.4, 0.5) is 0 Å². The quantitative estimate of drug-likeness (QED) is 0.743. The molecule has 2 nitrogen and oxygen atoms in total. The molecule has 0 amide bonds. The molecule has 0 aliphatic carbocycles. The lowest BCUT2D eigenvalue weighted by molar-refractivity contribution is 0.520. The van der Waals surface area contributed by atoms with Crippen LogP contribution < -0.4 is 5.32 Å². The summed E-state index contributed by atoms with van der Waals surface area (Å²) in [4.78, 5) is 4.42. The lowest BCUT2D eigenvalue weighted by Gasteiger charge is -2.18. The zero-order valence-corrected chi connectivity index (χ0v) is 12.3. The van der Waals surface area contributed by atoms with E-state index in [0.29, 0.717) is 6.04 Å². The van der Waals surface area contributed by atoms with Crippen molar-refractivity contribution in [2.24, 2.45) is 0 Å². The number of hydrogen-bond donors (Lipinski definition) is 1. The SMILES string of the molecule is CCC(NCc1ccnc2ccccc12)c1ccccc1. The maximum absolute atomic E-state index is 4.42. The highest BCUT2D eigenvalue weighted by atomic mass is 14.9. The van der Waals surface area contributed by atoms with E-state index in [-0.39, 0.29) is 0 Å². The second kappa shape index (κ2) is 6.51. The highest BCUT2D eigenvalue weighted by Crippen LogP contribution is 2.20. The average Bonchev–Trinajstić information content (AvgIpc) is 2.56. The number of fused-ring (bicyclic) bond motifs is 1. The Morgan fingerprint density at radius 1 is 0.952 bits per heavy atom. The third kappa shape index (κ3) is 3.11. The molecule has 0 radical (unpaired) electrons. The average molecular weight is 276 g/mol. The first kappa shape index (κ1) is 13.8. The van der Waals surface area contributed by atoms with Crippen molar-refractivity contribution >= 4 is 10.9 Å². The number of nitrogens with one attached hydrogen (secondary N) is 1. The van der Waals surface area contributed by atoms with Crippen LogP contribution in [0.15, 0.2) is 66.9 Å². The molecule has 0 saturated carbocycles. The van der Waals surface area contributed by atoms with E-state index in [1.165, 1.54) is 16.5 Å². The zero-order valence-electron chi connectivity index (χ0n) is 12.3. The van der Waals surface area contributed by atoms with Gasteiger partial charge in [0.15, 0.2) is 0 Å². The lowest BCUT2D eigenvalue weighted by atomic mass is 10.0. The van der Waals surface area contributed by atoms with E-state index < -0.39 is 0 Å². The van der Waals surface area contributed by atoms with Gasteiger partial charge in [0.1, 0.15) is 0 Å². The summed E-state index contributed by atoms with van der Waals surface area (Å²) in [6, 6.07) is 21.4. The first-order valence-corrected chi connectivity index (χ1v) is 7.49. The van der Waals surface area contributed by atoms with E-state index in [1.807, 2.05) is 12.3 Å². The van der Waals surface area contributed by atoms with Gasteiger partial charge in [0.25, 0.3) is 0 Å². The fraction of sp³-hybridized carbons (Fsp3) is 0.211. The smallest absolute Gasteiger partial charge is 0.0705 e. The predicted octanol–water partition coefficient (Wildman–Crippen LogP) is 4.48. The van der Waals surface area contributed by atoms with Crippen molar-refractivity contribution in [1.82, 2.24) is 10.3 Å². The summed E-state index contributed by atoms with van der Waals surface area (Å²) in [5, 5.41) is 4.90. The lowest BCUT2D eigenvalue weighted by Crippen LogP contribution is -2.20. The van der Waals surface area contributed by atoms with Gasteiger partial charge in [-0.25, -0.2) is 0 Å². The van der Waals surface area contributed by atoms with Crippen molar-refractivity contribution in [3.8, 4) is 0 Å². The molecule has 0 spiro atoms. The minimum absolute atomic E-state index is 0.387. The van der Waals surface area contributed by atoms with E-state index in [2.05, 4.69) is 71.8 Å². The van der Waals surface area contributed by atoms with Crippen molar-refractivity contribution in [2.75, 3.05) is 0 Å². The number of pyridine rings is 1. The molecule has 0 saturated heterocycles. The molecule has 3 rings (SSSR count). The largest absolute Gasteiger partial charge is 0.306 e. The minimum Gasteiger partial charge on any atom is -0.306 e. The highest BCUT2D eigenvalue weighted by molar-refractivity contribution is 5.81. The highest BCUT2D eigenvalue weighted by Gasteiger charge is 2.09. The Bertz CT molecular complexity index is 702. The van der Waals surface area contributed by atoms with Crippen LogP contribution in [0.25, 0.3) is 10.9 Å². The standard InChI is InChI=1S/C19H20N2/c1-2-18(15-8-4-3-5-9-15)21-14-16-12-13-20-19-11-7-6-10-17(16)19/h3-13,18,21H,2,14H2,1H3.